The van der Waals surface area contributed by atoms with Crippen LogP contribution in [0, 0.1) is 21.7 Å². The minimum atomic E-state index is -0.618. The van der Waals surface area contributed by atoms with Crippen molar-refractivity contribution in [3.05, 3.63) is 245 Å². The summed E-state index contributed by atoms with van der Waals surface area (Å²) in [4.78, 5) is 14.2. The molecular weight excluding hydrogens is 1240 g/mol. The van der Waals surface area contributed by atoms with Gasteiger partial charge in [-0.25, -0.2) is 0 Å². The topological polar surface area (TPSA) is 81.1 Å². The Labute approximate surface area is 607 Å². The number of carbonyl (C=O) groups is 1. The molecule has 0 aromatic heterocycles. The van der Waals surface area contributed by atoms with Gasteiger partial charge in [0.05, 0.1) is 6.04 Å². The maximum absolute atomic E-state index is 14.2. The van der Waals surface area contributed by atoms with Gasteiger partial charge < -0.3 is 16.8 Å². The van der Waals surface area contributed by atoms with Crippen molar-refractivity contribution in [1.29, 1.82) is 0 Å². The maximum Gasteiger partial charge on any atom is 0.241 e. The molecule has 4 fully saturated rings. The maximum atomic E-state index is 14.2. The molecule has 4 saturated carbocycles. The Morgan fingerprint density at radius 3 is 0.892 bits per heavy atom. The van der Waals surface area contributed by atoms with Crippen molar-refractivity contribution in [2.75, 3.05) is 11.9 Å². The van der Waals surface area contributed by atoms with Crippen molar-refractivity contribution < 1.29 is 4.79 Å². The summed E-state index contributed by atoms with van der Waals surface area (Å²) in [5.74, 6) is -0.132. The van der Waals surface area contributed by atoms with Gasteiger partial charge in [0.1, 0.15) is 0 Å². The van der Waals surface area contributed by atoms with E-state index >= 15 is 0 Å². The third kappa shape index (κ3) is 9.35. The molecule has 4 heteroatoms. The quantitative estimate of drug-likeness (QED) is 0.0706. The summed E-state index contributed by atoms with van der Waals surface area (Å²) in [7, 11) is 0. The zero-order chi connectivity index (χ0) is 69.9. The van der Waals surface area contributed by atoms with Crippen molar-refractivity contribution in [3.63, 3.8) is 0 Å². The number of nitrogens with two attached hydrogens (primary N) is 2. The molecular formula is C98H103N3O. The number of hydrogen-bond acceptors (Lipinski definition) is 3. The molecule has 1 amide bonds. The summed E-state index contributed by atoms with van der Waals surface area (Å²) in [6.45, 7) is 20.0. The lowest BCUT2D eigenvalue weighted by Gasteiger charge is -2.56. The molecule has 18 rings (SSSR count). The van der Waals surface area contributed by atoms with E-state index in [2.05, 4.69) is 261 Å². The summed E-state index contributed by atoms with van der Waals surface area (Å²) in [5.41, 5.74) is 50.2. The molecule has 8 aliphatic carbocycles. The van der Waals surface area contributed by atoms with E-state index in [9.17, 15) is 4.79 Å². The first-order valence-corrected chi connectivity index (χ1v) is 39.7. The molecule has 4 spiro atoms. The van der Waals surface area contributed by atoms with Gasteiger partial charge in [-0.05, 0) is 286 Å². The number of rotatable bonds is 19. The second kappa shape index (κ2) is 23.8. The third-order valence-electron chi connectivity index (χ3n) is 29.7. The van der Waals surface area contributed by atoms with Gasteiger partial charge in [0.25, 0.3) is 0 Å². The Morgan fingerprint density at radius 1 is 0.324 bits per heavy atom. The van der Waals surface area contributed by atoms with E-state index in [0.29, 0.717) is 29.2 Å². The van der Waals surface area contributed by atoms with Crippen LogP contribution in [-0.2, 0) is 26.5 Å². The Kier molecular flexibility index (Phi) is 15.3. The summed E-state index contributed by atoms with van der Waals surface area (Å²) >= 11 is 0. The molecule has 0 heterocycles. The van der Waals surface area contributed by atoms with Gasteiger partial charge in [-0.2, -0.15) is 0 Å². The van der Waals surface area contributed by atoms with Gasteiger partial charge in [0.15, 0.2) is 0 Å². The lowest BCUT2D eigenvalue weighted by atomic mass is 9.47. The first kappa shape index (κ1) is 65.6. The lowest BCUT2D eigenvalue weighted by Crippen LogP contribution is -2.49. The second-order valence-electron chi connectivity index (χ2n) is 34.0. The van der Waals surface area contributed by atoms with Crippen molar-refractivity contribution in [3.8, 4) is 100 Å². The van der Waals surface area contributed by atoms with Crippen LogP contribution in [-0.4, -0.2) is 18.5 Å². The zero-order valence-corrected chi connectivity index (χ0v) is 61.8. The fourth-order valence-electron chi connectivity index (χ4n) is 23.2. The normalized spacial score (nSPS) is 19.3. The van der Waals surface area contributed by atoms with Crippen molar-refractivity contribution >= 4 is 11.6 Å². The SMILES string of the molecule is CCC1(CC)CC2(C1)c1cc(-c3ccccc3)ccc1-c1ccc(-c3ccc4c(c3)C3(CC(CC)(CC)C3)c3cc(-c5ccc6c(c5)C5(CC(CC)(CC)C5)c5cc(-c7ccc8c(c7)C7(CC(CC)(CC)C7)c7cc(-c9ccccc9)cc(NC(=O)C(N)CCCCN)c7-8)ccc5-6)ccc3-4)cc12. The molecule has 516 valence electrons. The number of benzene rings is 10. The third-order valence-corrected chi connectivity index (χ3v) is 29.7. The van der Waals surface area contributed by atoms with Gasteiger partial charge in [0, 0.05) is 32.9 Å². The average Bonchev–Trinajstić information content (AvgIpc) is 1.52. The number of fused-ring (bicyclic) bond motifs is 20. The van der Waals surface area contributed by atoms with E-state index in [-0.39, 0.29) is 33.0 Å². The fraction of sp³-hybridized carbons (Fsp3) is 0.378. The molecule has 4 nitrogen and oxygen atoms in total. The standard InChI is InChI=1S/C98H103N3O/c1-9-91(10-2)54-95(55-91)79-45-64(62-25-19-17-20-26-62)30-37-72(79)73-38-31-65(46-80(73)95)66-32-39-74-75-40-33-67(48-82(75)96(81(74)47-66)56-92(11-3,12-4)57-96)68-34-41-76-77-42-35-69(50-84(77)97(83(76)49-68)58-93(13-5,14-6)59-97)70-36-43-78-85(51-70)98(60-94(15-7,16-8)61-98)86-52-71(63-27-21-18-22-28-63)53-88(89(78)86)101-90(102)87(100)29-23-24-44-99/h17-22,25-28,30-43,45-53,87H,9-16,23-24,29,44,54-61,99-100H2,1-8H3,(H,101,102). The lowest BCUT2D eigenvalue weighted by molar-refractivity contribution is -0.117. The molecule has 0 radical (unpaired) electrons. The van der Waals surface area contributed by atoms with Crippen LogP contribution in [0.15, 0.2) is 200 Å². The van der Waals surface area contributed by atoms with Gasteiger partial charge >= 0.3 is 0 Å². The van der Waals surface area contributed by atoms with Gasteiger partial charge in [-0.3, -0.25) is 4.79 Å². The molecule has 5 N–H and O–H groups in total. The zero-order valence-electron chi connectivity index (χ0n) is 61.8. The van der Waals surface area contributed by atoms with Crippen molar-refractivity contribution in [2.45, 2.75) is 205 Å². The molecule has 10 aromatic rings. The van der Waals surface area contributed by atoms with E-state index < -0.39 is 6.04 Å². The average molecular weight is 1340 g/mol. The van der Waals surface area contributed by atoms with E-state index in [1.807, 2.05) is 0 Å². The van der Waals surface area contributed by atoms with Crippen LogP contribution in [0.3, 0.4) is 0 Å². The molecule has 0 aliphatic heterocycles. The fourth-order valence-corrected chi connectivity index (χ4v) is 23.2. The van der Waals surface area contributed by atoms with E-state index in [4.69, 9.17) is 11.5 Å². The van der Waals surface area contributed by atoms with E-state index in [0.717, 1.165) is 60.9 Å². The van der Waals surface area contributed by atoms with Crippen molar-refractivity contribution in [1.82, 2.24) is 0 Å². The van der Waals surface area contributed by atoms with Gasteiger partial charge in [0.2, 0.25) is 5.91 Å². The Bertz CT molecular complexity index is 5020. The largest absolute Gasteiger partial charge is 0.330 e. The van der Waals surface area contributed by atoms with Crippen LogP contribution in [0.25, 0.3) is 100 Å². The summed E-state index contributed by atoms with van der Waals surface area (Å²) < 4.78 is 0. The number of hydrogen-bond donors (Lipinski definition) is 3. The number of carbonyl (C=O) groups excluding carboxylic acids is 1. The number of amides is 1. The smallest absolute Gasteiger partial charge is 0.241 e. The van der Waals surface area contributed by atoms with Crippen LogP contribution < -0.4 is 16.8 Å². The number of nitrogens with one attached hydrogen (secondary N) is 1. The molecule has 0 saturated heterocycles. The first-order valence-electron chi connectivity index (χ1n) is 39.7. The van der Waals surface area contributed by atoms with E-state index in [1.54, 1.807) is 22.3 Å². The Balaban J connectivity index is 0.698. The second-order valence-corrected chi connectivity index (χ2v) is 34.0. The summed E-state index contributed by atoms with van der Waals surface area (Å²) in [5, 5.41) is 3.45. The molecule has 102 heavy (non-hydrogen) atoms. The molecule has 1 atom stereocenters. The van der Waals surface area contributed by atoms with Crippen LogP contribution >= 0.6 is 0 Å². The Hall–Kier alpha value is -8.41. The van der Waals surface area contributed by atoms with E-state index in [1.165, 1.54) is 183 Å². The van der Waals surface area contributed by atoms with Crippen LogP contribution in [0.4, 0.5) is 5.69 Å². The number of anilines is 1. The number of unbranched alkanes of at least 4 members (excludes halogenated alkanes) is 1. The van der Waals surface area contributed by atoms with Gasteiger partial charge in [-0.1, -0.05) is 259 Å². The van der Waals surface area contributed by atoms with Crippen LogP contribution in [0.2, 0.25) is 0 Å². The summed E-state index contributed by atoms with van der Waals surface area (Å²) in [6.07, 6.45) is 21.2. The summed E-state index contributed by atoms with van der Waals surface area (Å²) in [6, 6.07) is 78.5. The molecule has 8 aliphatic rings. The molecule has 1 unspecified atom stereocenters. The Morgan fingerprint density at radius 2 is 0.588 bits per heavy atom. The molecule has 10 aromatic carbocycles. The first-order chi connectivity index (χ1) is 49.6. The van der Waals surface area contributed by atoms with Crippen LogP contribution in [0.1, 0.15) is 222 Å². The van der Waals surface area contributed by atoms with Gasteiger partial charge in [-0.15, -0.1) is 0 Å². The highest BCUT2D eigenvalue weighted by atomic mass is 16.2. The van der Waals surface area contributed by atoms with Crippen molar-refractivity contribution in [2.24, 2.45) is 33.1 Å². The highest BCUT2D eigenvalue weighted by molar-refractivity contribution is 6.03. The monoisotopic (exact) mass is 1340 g/mol. The highest BCUT2D eigenvalue weighted by Crippen LogP contribution is 2.73. The molecule has 0 bridgehead atoms. The predicted molar refractivity (Wildman–Crippen MR) is 427 cm³/mol. The minimum Gasteiger partial charge on any atom is -0.330 e. The predicted octanol–water partition coefficient (Wildman–Crippen LogP) is 24.9. The highest BCUT2D eigenvalue weighted by Gasteiger charge is 2.62. The van der Waals surface area contributed by atoms with Crippen LogP contribution in [0.5, 0.6) is 0 Å². The minimum absolute atomic E-state index is 0.0312.